The Labute approximate surface area is 115 Å². The van der Waals surface area contributed by atoms with E-state index in [1.54, 1.807) is 19.4 Å². The molecule has 0 spiro atoms. The molecule has 6 heteroatoms. The van der Waals surface area contributed by atoms with Gasteiger partial charge < -0.3 is 5.32 Å². The van der Waals surface area contributed by atoms with E-state index in [1.807, 2.05) is 24.4 Å². The molecule has 1 aromatic heterocycles. The molecule has 0 saturated heterocycles. The van der Waals surface area contributed by atoms with Gasteiger partial charge in [-0.2, -0.15) is 5.26 Å². The Morgan fingerprint density at radius 3 is 2.75 bits per heavy atom. The number of benzene rings is 1. The molecule has 0 unspecified atom stereocenters. The van der Waals surface area contributed by atoms with Crippen LogP contribution in [0.1, 0.15) is 5.56 Å². The molecule has 0 saturated carbocycles. The average molecular weight is 265 g/mol. The van der Waals surface area contributed by atoms with Gasteiger partial charge in [-0.25, -0.2) is 9.97 Å². The Kier molecular flexibility index (Phi) is 2.80. The highest BCUT2D eigenvalue weighted by Gasteiger charge is 2.17. The average Bonchev–Trinajstić information content (AvgIpc) is 2.85. The number of hydrogen-bond donors (Lipinski definition) is 1. The molecule has 0 bridgehead atoms. The Balaban J connectivity index is 1.93. The standard InChI is InChI=1S/C14H11N5O/c1-19(8-15)14-16-6-11(7-17-14)9-2-3-12-10(4-9)5-13(20)18-12/h2-4,6-7H,5H2,1H3,(H,18,20). The van der Waals surface area contributed by atoms with Crippen LogP contribution >= 0.6 is 0 Å². The van der Waals surface area contributed by atoms with Crippen molar-refractivity contribution in [3.05, 3.63) is 36.2 Å². The van der Waals surface area contributed by atoms with E-state index in [4.69, 9.17) is 5.26 Å². The smallest absolute Gasteiger partial charge is 0.238 e. The van der Waals surface area contributed by atoms with E-state index >= 15 is 0 Å². The second-order valence-electron chi connectivity index (χ2n) is 4.53. The van der Waals surface area contributed by atoms with Gasteiger partial charge in [0.25, 0.3) is 0 Å². The number of nitrogens with one attached hydrogen (secondary N) is 1. The third-order valence-corrected chi connectivity index (χ3v) is 3.15. The molecular formula is C14H11N5O. The van der Waals surface area contributed by atoms with Gasteiger partial charge in [0.05, 0.1) is 6.42 Å². The number of rotatable bonds is 2. The molecule has 1 amide bonds. The number of nitriles is 1. The molecule has 0 fully saturated rings. The van der Waals surface area contributed by atoms with Crippen LogP contribution in [0.5, 0.6) is 0 Å². The zero-order valence-electron chi connectivity index (χ0n) is 10.8. The second-order valence-corrected chi connectivity index (χ2v) is 4.53. The van der Waals surface area contributed by atoms with Crippen LogP contribution in [0.3, 0.4) is 0 Å². The molecule has 2 heterocycles. The van der Waals surface area contributed by atoms with Crippen LogP contribution in [0.2, 0.25) is 0 Å². The second kappa shape index (κ2) is 4.63. The summed E-state index contributed by atoms with van der Waals surface area (Å²) in [6.45, 7) is 0. The van der Waals surface area contributed by atoms with Crippen molar-refractivity contribution in [2.75, 3.05) is 17.3 Å². The maximum Gasteiger partial charge on any atom is 0.238 e. The lowest BCUT2D eigenvalue weighted by Gasteiger charge is -2.07. The Hall–Kier alpha value is -2.94. The molecule has 6 nitrogen and oxygen atoms in total. The quantitative estimate of drug-likeness (QED) is 0.658. The van der Waals surface area contributed by atoms with Gasteiger partial charge >= 0.3 is 0 Å². The first-order chi connectivity index (χ1) is 9.67. The fourth-order valence-electron chi connectivity index (χ4n) is 2.10. The minimum absolute atomic E-state index is 0.0133. The van der Waals surface area contributed by atoms with Gasteiger partial charge in [-0.1, -0.05) is 6.07 Å². The summed E-state index contributed by atoms with van der Waals surface area (Å²) in [6, 6.07) is 5.75. The Bertz CT molecular complexity index is 717. The molecule has 1 aliphatic rings. The van der Waals surface area contributed by atoms with Gasteiger partial charge in [0.1, 0.15) is 0 Å². The third-order valence-electron chi connectivity index (χ3n) is 3.15. The first-order valence-electron chi connectivity index (χ1n) is 6.06. The summed E-state index contributed by atoms with van der Waals surface area (Å²) in [6.07, 6.45) is 5.68. The maximum absolute atomic E-state index is 11.3. The molecule has 98 valence electrons. The van der Waals surface area contributed by atoms with E-state index < -0.39 is 0 Å². The maximum atomic E-state index is 11.3. The van der Waals surface area contributed by atoms with E-state index in [0.717, 1.165) is 22.4 Å². The number of hydrogen-bond acceptors (Lipinski definition) is 5. The summed E-state index contributed by atoms with van der Waals surface area (Å²) in [5, 5.41) is 11.6. The van der Waals surface area contributed by atoms with Gasteiger partial charge in [0, 0.05) is 30.7 Å². The monoisotopic (exact) mass is 265 g/mol. The topological polar surface area (TPSA) is 81.9 Å². The van der Waals surface area contributed by atoms with Crippen molar-refractivity contribution in [1.82, 2.24) is 9.97 Å². The number of aromatic nitrogens is 2. The van der Waals surface area contributed by atoms with E-state index in [9.17, 15) is 4.79 Å². The van der Waals surface area contributed by atoms with Crippen molar-refractivity contribution in [2.24, 2.45) is 0 Å². The molecule has 3 rings (SSSR count). The van der Waals surface area contributed by atoms with Crippen molar-refractivity contribution >= 4 is 17.5 Å². The van der Waals surface area contributed by atoms with E-state index in [-0.39, 0.29) is 5.91 Å². The minimum Gasteiger partial charge on any atom is -0.326 e. The molecule has 0 aliphatic carbocycles. The van der Waals surface area contributed by atoms with Crippen molar-refractivity contribution in [1.29, 1.82) is 5.26 Å². The van der Waals surface area contributed by atoms with E-state index in [1.165, 1.54) is 4.90 Å². The minimum atomic E-state index is 0.0133. The summed E-state index contributed by atoms with van der Waals surface area (Å²) in [7, 11) is 1.60. The van der Waals surface area contributed by atoms with Crippen LogP contribution in [-0.2, 0) is 11.2 Å². The molecule has 20 heavy (non-hydrogen) atoms. The van der Waals surface area contributed by atoms with Crippen LogP contribution in [0.4, 0.5) is 11.6 Å². The van der Waals surface area contributed by atoms with Crippen LogP contribution in [0, 0.1) is 11.5 Å². The van der Waals surface area contributed by atoms with Gasteiger partial charge in [-0.3, -0.25) is 9.69 Å². The predicted octanol–water partition coefficient (Wildman–Crippen LogP) is 1.56. The van der Waals surface area contributed by atoms with Crippen molar-refractivity contribution in [2.45, 2.75) is 6.42 Å². The molecule has 2 aromatic rings. The highest BCUT2D eigenvalue weighted by Crippen LogP contribution is 2.28. The zero-order valence-corrected chi connectivity index (χ0v) is 10.8. The summed E-state index contributed by atoms with van der Waals surface area (Å²) in [5.41, 5.74) is 3.64. The van der Waals surface area contributed by atoms with Crippen LogP contribution < -0.4 is 10.2 Å². The number of fused-ring (bicyclic) bond motifs is 1. The van der Waals surface area contributed by atoms with Gasteiger partial charge in [-0.15, -0.1) is 0 Å². The largest absolute Gasteiger partial charge is 0.326 e. The molecule has 0 radical (unpaired) electrons. The number of carbonyl (C=O) groups excluding carboxylic acids is 1. The highest BCUT2D eigenvalue weighted by atomic mass is 16.1. The Morgan fingerprint density at radius 1 is 1.30 bits per heavy atom. The molecule has 1 aromatic carbocycles. The SMILES string of the molecule is CN(C#N)c1ncc(-c2ccc3c(c2)CC(=O)N3)cn1. The zero-order chi connectivity index (χ0) is 14.1. The number of nitrogens with zero attached hydrogens (tertiary/aromatic N) is 4. The predicted molar refractivity (Wildman–Crippen MR) is 73.8 cm³/mol. The number of anilines is 2. The normalized spacial score (nSPS) is 12.5. The fraction of sp³-hybridized carbons (Fsp3) is 0.143. The third kappa shape index (κ3) is 2.06. The molecular weight excluding hydrogens is 254 g/mol. The van der Waals surface area contributed by atoms with Crippen LogP contribution in [0.25, 0.3) is 11.1 Å². The van der Waals surface area contributed by atoms with Gasteiger partial charge in [-0.05, 0) is 23.3 Å². The molecule has 1 N–H and O–H groups in total. The summed E-state index contributed by atoms with van der Waals surface area (Å²) >= 11 is 0. The lowest BCUT2D eigenvalue weighted by Crippen LogP contribution is -2.11. The van der Waals surface area contributed by atoms with E-state index in [0.29, 0.717) is 12.4 Å². The lowest BCUT2D eigenvalue weighted by molar-refractivity contribution is -0.115. The van der Waals surface area contributed by atoms with Gasteiger partial charge in [0.15, 0.2) is 6.19 Å². The summed E-state index contributed by atoms with van der Waals surface area (Å²) in [5.74, 6) is 0.369. The fourth-order valence-corrected chi connectivity index (χ4v) is 2.10. The summed E-state index contributed by atoms with van der Waals surface area (Å²) in [4.78, 5) is 20.9. The highest BCUT2D eigenvalue weighted by molar-refractivity contribution is 5.99. The number of carbonyl (C=O) groups is 1. The first-order valence-corrected chi connectivity index (χ1v) is 6.06. The Morgan fingerprint density at radius 2 is 2.05 bits per heavy atom. The van der Waals surface area contributed by atoms with Crippen LogP contribution in [-0.4, -0.2) is 22.9 Å². The summed E-state index contributed by atoms with van der Waals surface area (Å²) < 4.78 is 0. The first kappa shape index (κ1) is 12.1. The van der Waals surface area contributed by atoms with Crippen LogP contribution in [0.15, 0.2) is 30.6 Å². The van der Waals surface area contributed by atoms with E-state index in [2.05, 4.69) is 15.3 Å². The number of amides is 1. The van der Waals surface area contributed by atoms with Gasteiger partial charge in [0.2, 0.25) is 11.9 Å². The lowest BCUT2D eigenvalue weighted by atomic mass is 10.0. The van der Waals surface area contributed by atoms with Crippen molar-refractivity contribution < 1.29 is 4.79 Å². The molecule has 0 atom stereocenters. The van der Waals surface area contributed by atoms with Crippen molar-refractivity contribution in [3.63, 3.8) is 0 Å². The van der Waals surface area contributed by atoms with Crippen molar-refractivity contribution in [3.8, 4) is 17.3 Å². The molecule has 1 aliphatic heterocycles.